The number of hydrogen-bond donors (Lipinski definition) is 2. The van der Waals surface area contributed by atoms with Gasteiger partial charge in [0.25, 0.3) is 0 Å². The molecule has 0 saturated carbocycles. The topological polar surface area (TPSA) is 51.0 Å². The van der Waals surface area contributed by atoms with E-state index < -0.39 is 0 Å². The molecule has 2 rings (SSSR count). The predicted octanol–water partition coefficient (Wildman–Crippen LogP) is 2.81. The molecule has 0 saturated heterocycles. The van der Waals surface area contributed by atoms with E-state index in [2.05, 4.69) is 18.0 Å². The number of nitrogens with two attached hydrogens (primary N) is 1. The van der Waals surface area contributed by atoms with Gasteiger partial charge in [-0.3, -0.25) is 0 Å². The molecule has 0 aliphatic heterocycles. The minimum absolute atomic E-state index is 0.0431. The summed E-state index contributed by atoms with van der Waals surface area (Å²) in [5, 5.41) is 1.20. The highest BCUT2D eigenvalue weighted by Crippen LogP contribution is 2.31. The highest BCUT2D eigenvalue weighted by atomic mass is 16.5. The number of aromatic amines is 1. The summed E-state index contributed by atoms with van der Waals surface area (Å²) in [5.41, 5.74) is 10.6. The van der Waals surface area contributed by atoms with E-state index in [-0.39, 0.29) is 6.04 Å². The van der Waals surface area contributed by atoms with Gasteiger partial charge in [0.2, 0.25) is 0 Å². The van der Waals surface area contributed by atoms with Gasteiger partial charge in [-0.2, -0.15) is 0 Å². The highest BCUT2D eigenvalue weighted by Gasteiger charge is 2.13. The standard InChI is InChI=1S/C13H18N2O/c1-7-5-10-11(6-12(7)16-4)15-9(3)13(10)8(2)14/h5-6,8,15H,14H2,1-4H3. The van der Waals surface area contributed by atoms with Crippen molar-refractivity contribution in [3.05, 3.63) is 29.0 Å². The molecule has 0 amide bonds. The first-order chi connectivity index (χ1) is 7.54. The fraction of sp³-hybridized carbons (Fsp3) is 0.385. The zero-order valence-corrected chi connectivity index (χ0v) is 10.2. The lowest BCUT2D eigenvalue weighted by atomic mass is 10.0. The van der Waals surface area contributed by atoms with Gasteiger partial charge in [-0.1, -0.05) is 0 Å². The molecule has 2 aromatic rings. The Morgan fingerprint density at radius 3 is 2.56 bits per heavy atom. The van der Waals surface area contributed by atoms with Crippen LogP contribution in [0.15, 0.2) is 12.1 Å². The molecule has 1 aromatic carbocycles. The van der Waals surface area contributed by atoms with E-state index in [4.69, 9.17) is 10.5 Å². The fourth-order valence-corrected chi connectivity index (χ4v) is 2.29. The van der Waals surface area contributed by atoms with Crippen molar-refractivity contribution in [2.75, 3.05) is 7.11 Å². The van der Waals surface area contributed by atoms with Gasteiger partial charge in [-0.05, 0) is 38.0 Å². The number of fused-ring (bicyclic) bond motifs is 1. The molecule has 0 bridgehead atoms. The summed E-state index contributed by atoms with van der Waals surface area (Å²) < 4.78 is 5.31. The third-order valence-corrected chi connectivity index (χ3v) is 3.01. The van der Waals surface area contributed by atoms with Crippen LogP contribution in [0.3, 0.4) is 0 Å². The lowest BCUT2D eigenvalue weighted by molar-refractivity contribution is 0.412. The smallest absolute Gasteiger partial charge is 0.123 e. The SMILES string of the molecule is COc1cc2[nH]c(C)c(C(C)N)c2cc1C. The van der Waals surface area contributed by atoms with E-state index in [9.17, 15) is 0 Å². The zero-order valence-electron chi connectivity index (χ0n) is 10.2. The summed E-state index contributed by atoms with van der Waals surface area (Å²) in [6.07, 6.45) is 0. The number of rotatable bonds is 2. The number of ether oxygens (including phenoxy) is 1. The van der Waals surface area contributed by atoms with E-state index >= 15 is 0 Å². The highest BCUT2D eigenvalue weighted by molar-refractivity contribution is 5.87. The molecule has 1 aromatic heterocycles. The molecule has 3 nitrogen and oxygen atoms in total. The van der Waals surface area contributed by atoms with Gasteiger partial charge in [0.1, 0.15) is 5.75 Å². The van der Waals surface area contributed by atoms with Gasteiger partial charge in [0, 0.05) is 28.7 Å². The summed E-state index contributed by atoms with van der Waals surface area (Å²) in [5.74, 6) is 0.907. The van der Waals surface area contributed by atoms with Gasteiger partial charge >= 0.3 is 0 Å². The molecular weight excluding hydrogens is 200 g/mol. The van der Waals surface area contributed by atoms with E-state index in [0.29, 0.717) is 0 Å². The molecular formula is C13H18N2O. The van der Waals surface area contributed by atoms with Crippen LogP contribution in [0.1, 0.15) is 29.8 Å². The van der Waals surface area contributed by atoms with Crippen LogP contribution >= 0.6 is 0 Å². The Kier molecular flexibility index (Phi) is 2.64. The van der Waals surface area contributed by atoms with Crippen molar-refractivity contribution in [3.8, 4) is 5.75 Å². The van der Waals surface area contributed by atoms with Crippen LogP contribution in [0, 0.1) is 13.8 Å². The van der Waals surface area contributed by atoms with Gasteiger partial charge in [-0.25, -0.2) is 0 Å². The molecule has 0 fully saturated rings. The summed E-state index contributed by atoms with van der Waals surface area (Å²) in [7, 11) is 1.69. The second kappa shape index (κ2) is 3.83. The summed E-state index contributed by atoms with van der Waals surface area (Å²) in [6, 6.07) is 4.21. The van der Waals surface area contributed by atoms with E-state index in [1.54, 1.807) is 7.11 Å². The van der Waals surface area contributed by atoms with Gasteiger partial charge in [0.15, 0.2) is 0 Å². The maximum Gasteiger partial charge on any atom is 0.123 e. The van der Waals surface area contributed by atoms with Gasteiger partial charge in [-0.15, -0.1) is 0 Å². The number of aryl methyl sites for hydroxylation is 2. The first-order valence-corrected chi connectivity index (χ1v) is 5.47. The van der Waals surface area contributed by atoms with Crippen molar-refractivity contribution in [3.63, 3.8) is 0 Å². The summed E-state index contributed by atoms with van der Waals surface area (Å²) in [6.45, 7) is 6.11. The van der Waals surface area contributed by atoms with Gasteiger partial charge < -0.3 is 15.5 Å². The second-order valence-corrected chi connectivity index (χ2v) is 4.32. The third-order valence-electron chi connectivity index (χ3n) is 3.01. The largest absolute Gasteiger partial charge is 0.496 e. The molecule has 86 valence electrons. The number of aromatic nitrogens is 1. The lowest BCUT2D eigenvalue weighted by Gasteiger charge is -2.07. The quantitative estimate of drug-likeness (QED) is 0.814. The van der Waals surface area contributed by atoms with Crippen LogP contribution in [-0.4, -0.2) is 12.1 Å². The number of nitrogens with one attached hydrogen (secondary N) is 1. The van der Waals surface area contributed by atoms with Crippen LogP contribution in [-0.2, 0) is 0 Å². The average Bonchev–Trinajstić information content (AvgIpc) is 2.51. The Labute approximate surface area is 95.6 Å². The second-order valence-electron chi connectivity index (χ2n) is 4.32. The summed E-state index contributed by atoms with van der Waals surface area (Å²) >= 11 is 0. The lowest BCUT2D eigenvalue weighted by Crippen LogP contribution is -2.05. The van der Waals surface area contributed by atoms with Crippen molar-refractivity contribution in [2.45, 2.75) is 26.8 Å². The van der Waals surface area contributed by atoms with Crippen LogP contribution in [0.2, 0.25) is 0 Å². The maximum absolute atomic E-state index is 5.99. The monoisotopic (exact) mass is 218 g/mol. The molecule has 0 aliphatic carbocycles. The number of benzene rings is 1. The average molecular weight is 218 g/mol. The van der Waals surface area contributed by atoms with E-state index in [1.165, 1.54) is 10.9 Å². The Bertz CT molecular complexity index is 526. The minimum atomic E-state index is 0.0431. The van der Waals surface area contributed by atoms with Crippen LogP contribution in [0.4, 0.5) is 0 Å². The molecule has 3 heteroatoms. The number of methoxy groups -OCH3 is 1. The number of hydrogen-bond acceptors (Lipinski definition) is 2. The molecule has 1 heterocycles. The normalized spacial score (nSPS) is 13.1. The predicted molar refractivity (Wildman–Crippen MR) is 66.9 cm³/mol. The van der Waals surface area contributed by atoms with E-state index in [0.717, 1.165) is 22.5 Å². The third kappa shape index (κ3) is 1.57. The van der Waals surface area contributed by atoms with E-state index in [1.807, 2.05) is 19.9 Å². The maximum atomic E-state index is 5.99. The molecule has 0 aliphatic rings. The van der Waals surface area contributed by atoms with Crippen LogP contribution in [0.25, 0.3) is 10.9 Å². The minimum Gasteiger partial charge on any atom is -0.496 e. The molecule has 0 radical (unpaired) electrons. The zero-order chi connectivity index (χ0) is 11.9. The van der Waals surface area contributed by atoms with Crippen LogP contribution in [0.5, 0.6) is 5.75 Å². The molecule has 1 atom stereocenters. The molecule has 16 heavy (non-hydrogen) atoms. The van der Waals surface area contributed by atoms with Crippen molar-refractivity contribution < 1.29 is 4.74 Å². The number of H-pyrrole nitrogens is 1. The first-order valence-electron chi connectivity index (χ1n) is 5.47. The van der Waals surface area contributed by atoms with Gasteiger partial charge in [0.05, 0.1) is 7.11 Å². The molecule has 0 spiro atoms. The molecule has 1 unspecified atom stereocenters. The summed E-state index contributed by atoms with van der Waals surface area (Å²) in [4.78, 5) is 3.35. The van der Waals surface area contributed by atoms with Crippen LogP contribution < -0.4 is 10.5 Å². The fourth-order valence-electron chi connectivity index (χ4n) is 2.29. The Hall–Kier alpha value is -1.48. The van der Waals surface area contributed by atoms with Crippen molar-refractivity contribution in [1.29, 1.82) is 0 Å². The van der Waals surface area contributed by atoms with Crippen molar-refractivity contribution >= 4 is 10.9 Å². The molecule has 3 N–H and O–H groups in total. The first kappa shape index (κ1) is 11.0. The van der Waals surface area contributed by atoms with Crippen molar-refractivity contribution in [2.24, 2.45) is 5.73 Å². The Balaban J connectivity index is 2.76. The Morgan fingerprint density at radius 2 is 2.00 bits per heavy atom. The van der Waals surface area contributed by atoms with Crippen molar-refractivity contribution in [1.82, 2.24) is 4.98 Å². The Morgan fingerprint density at radius 1 is 1.31 bits per heavy atom.